The summed E-state index contributed by atoms with van der Waals surface area (Å²) < 4.78 is 57.0. The SMILES string of the molecule is COC(=O)C[C@@H](CCCCCCCCCC(C)C)OC(=O)[C@@](OC)(c1ccccc1)C(F)(F)F. The van der Waals surface area contributed by atoms with Gasteiger partial charge in [0.2, 0.25) is 0 Å². The van der Waals surface area contributed by atoms with E-state index in [4.69, 9.17) is 9.47 Å². The molecule has 0 aromatic heterocycles. The van der Waals surface area contributed by atoms with Crippen LogP contribution in [-0.4, -0.2) is 38.4 Å². The molecule has 0 aliphatic carbocycles. The lowest BCUT2D eigenvalue weighted by Gasteiger charge is -2.33. The second-order valence-corrected chi connectivity index (χ2v) is 9.00. The van der Waals surface area contributed by atoms with Gasteiger partial charge in [0.05, 0.1) is 13.5 Å². The maximum Gasteiger partial charge on any atom is 0.432 e. The van der Waals surface area contributed by atoms with Crippen molar-refractivity contribution in [2.75, 3.05) is 14.2 Å². The first-order valence-electron chi connectivity index (χ1n) is 12.0. The predicted octanol–water partition coefficient (Wildman–Crippen LogP) is 6.73. The van der Waals surface area contributed by atoms with Gasteiger partial charge in [-0.3, -0.25) is 4.79 Å². The summed E-state index contributed by atoms with van der Waals surface area (Å²) in [6.07, 6.45) is 2.15. The maximum atomic E-state index is 14.1. The lowest BCUT2D eigenvalue weighted by molar-refractivity contribution is -0.278. The third-order valence-electron chi connectivity index (χ3n) is 5.88. The second-order valence-electron chi connectivity index (χ2n) is 9.00. The molecule has 0 heterocycles. The molecule has 0 unspecified atom stereocenters. The van der Waals surface area contributed by atoms with E-state index in [9.17, 15) is 22.8 Å². The average molecular weight is 489 g/mol. The summed E-state index contributed by atoms with van der Waals surface area (Å²) in [5.41, 5.74) is -3.66. The van der Waals surface area contributed by atoms with Gasteiger partial charge in [0.1, 0.15) is 6.10 Å². The van der Waals surface area contributed by atoms with E-state index in [1.807, 2.05) is 0 Å². The number of methoxy groups -OCH3 is 2. The minimum Gasteiger partial charge on any atom is -0.469 e. The van der Waals surface area contributed by atoms with Crippen LogP contribution in [0.3, 0.4) is 0 Å². The highest BCUT2D eigenvalue weighted by Gasteiger charge is 2.64. The van der Waals surface area contributed by atoms with Gasteiger partial charge in [-0.25, -0.2) is 4.79 Å². The van der Waals surface area contributed by atoms with Crippen molar-refractivity contribution < 1.29 is 37.0 Å². The number of rotatable bonds is 16. The minimum atomic E-state index is -5.06. The number of hydrogen-bond donors (Lipinski definition) is 0. The quantitative estimate of drug-likeness (QED) is 0.191. The summed E-state index contributed by atoms with van der Waals surface area (Å²) in [6, 6.07) is 6.63. The smallest absolute Gasteiger partial charge is 0.432 e. The Bertz CT molecular complexity index is 721. The van der Waals surface area contributed by atoms with Crippen LogP contribution >= 0.6 is 0 Å². The molecular weight excluding hydrogens is 449 g/mol. The van der Waals surface area contributed by atoms with Crippen LogP contribution in [0.5, 0.6) is 0 Å². The number of ether oxygens (including phenoxy) is 3. The highest BCUT2D eigenvalue weighted by atomic mass is 19.4. The first-order chi connectivity index (χ1) is 16.1. The molecule has 0 spiro atoms. The second kappa shape index (κ2) is 15.0. The van der Waals surface area contributed by atoms with Gasteiger partial charge in [-0.1, -0.05) is 89.1 Å². The van der Waals surface area contributed by atoms with Crippen LogP contribution in [0.25, 0.3) is 0 Å². The molecule has 0 saturated heterocycles. The van der Waals surface area contributed by atoms with Gasteiger partial charge < -0.3 is 14.2 Å². The number of esters is 2. The third kappa shape index (κ3) is 9.28. The number of unbranched alkanes of at least 4 members (excludes halogenated alkanes) is 6. The van der Waals surface area contributed by atoms with Crippen molar-refractivity contribution in [2.24, 2.45) is 5.92 Å². The van der Waals surface area contributed by atoms with Crippen LogP contribution < -0.4 is 0 Å². The Balaban J connectivity index is 2.76. The molecule has 5 nitrogen and oxygen atoms in total. The molecule has 0 aliphatic rings. The minimum absolute atomic E-state index is 0.265. The van der Waals surface area contributed by atoms with Crippen LogP contribution in [0.1, 0.15) is 83.6 Å². The van der Waals surface area contributed by atoms with Crippen molar-refractivity contribution >= 4 is 11.9 Å². The van der Waals surface area contributed by atoms with E-state index in [0.717, 1.165) is 44.9 Å². The Morgan fingerprint density at radius 3 is 1.85 bits per heavy atom. The Hall–Kier alpha value is -2.09. The molecule has 0 saturated carbocycles. The van der Waals surface area contributed by atoms with Crippen LogP contribution in [0.2, 0.25) is 0 Å². The molecule has 0 fully saturated rings. The van der Waals surface area contributed by atoms with Crippen molar-refractivity contribution in [2.45, 2.75) is 95.9 Å². The number of halogens is 3. The number of carbonyl (C=O) groups excluding carboxylic acids is 2. The number of carbonyl (C=O) groups is 2. The summed E-state index contributed by atoms with van der Waals surface area (Å²) in [7, 11) is 2.00. The Kier molecular flexibility index (Phi) is 13.2. The summed E-state index contributed by atoms with van der Waals surface area (Å²) >= 11 is 0. The van der Waals surface area contributed by atoms with Gasteiger partial charge in [0.15, 0.2) is 0 Å². The normalized spacial score (nSPS) is 14.5. The van der Waals surface area contributed by atoms with E-state index in [2.05, 4.69) is 18.6 Å². The summed E-state index contributed by atoms with van der Waals surface area (Å²) in [4.78, 5) is 24.7. The first-order valence-corrected chi connectivity index (χ1v) is 12.0. The fraction of sp³-hybridized carbons (Fsp3) is 0.692. The zero-order chi connectivity index (χ0) is 25.6. The van der Waals surface area contributed by atoms with E-state index in [-0.39, 0.29) is 18.4 Å². The van der Waals surface area contributed by atoms with Gasteiger partial charge in [-0.15, -0.1) is 0 Å². The Labute approximate surface area is 201 Å². The Morgan fingerprint density at radius 1 is 0.853 bits per heavy atom. The van der Waals surface area contributed by atoms with Crippen LogP contribution in [0.4, 0.5) is 13.2 Å². The molecule has 0 radical (unpaired) electrons. The van der Waals surface area contributed by atoms with E-state index in [1.165, 1.54) is 44.6 Å². The van der Waals surface area contributed by atoms with Crippen molar-refractivity contribution in [3.63, 3.8) is 0 Å². The number of hydrogen-bond acceptors (Lipinski definition) is 5. The molecule has 0 bridgehead atoms. The van der Waals surface area contributed by atoms with Gasteiger partial charge >= 0.3 is 18.1 Å². The predicted molar refractivity (Wildman–Crippen MR) is 124 cm³/mol. The Morgan fingerprint density at radius 2 is 1.38 bits per heavy atom. The van der Waals surface area contributed by atoms with Crippen LogP contribution in [-0.2, 0) is 29.4 Å². The van der Waals surface area contributed by atoms with Crippen LogP contribution in [0.15, 0.2) is 30.3 Å². The molecule has 1 aromatic rings. The van der Waals surface area contributed by atoms with Gasteiger partial charge in [0.25, 0.3) is 5.60 Å². The van der Waals surface area contributed by atoms with Crippen molar-refractivity contribution in [1.82, 2.24) is 0 Å². The van der Waals surface area contributed by atoms with E-state index in [0.29, 0.717) is 12.3 Å². The lowest BCUT2D eigenvalue weighted by atomic mass is 9.92. The van der Waals surface area contributed by atoms with Gasteiger partial charge in [0, 0.05) is 12.7 Å². The molecule has 0 aliphatic heterocycles. The largest absolute Gasteiger partial charge is 0.469 e. The average Bonchev–Trinajstić information content (AvgIpc) is 2.78. The van der Waals surface area contributed by atoms with E-state index < -0.39 is 29.8 Å². The fourth-order valence-corrected chi connectivity index (χ4v) is 3.90. The summed E-state index contributed by atoms with van der Waals surface area (Å²) in [6.45, 7) is 4.42. The van der Waals surface area contributed by atoms with E-state index in [1.54, 1.807) is 0 Å². The molecule has 8 heteroatoms. The zero-order valence-electron chi connectivity index (χ0n) is 20.8. The maximum absolute atomic E-state index is 14.1. The summed E-state index contributed by atoms with van der Waals surface area (Å²) in [5.74, 6) is -1.53. The standard InChI is InChI=1S/C26H39F3O5/c1-20(2)15-11-8-6-5-7-9-14-18-22(19-23(30)32-3)34-24(31)25(33-4,26(27,28)29)21-16-12-10-13-17-21/h10,12-13,16-17,20,22H,5-9,11,14-15,18-19H2,1-4H3/t22-,25+/m1/s1. The van der Waals surface area contributed by atoms with Crippen molar-refractivity contribution in [3.05, 3.63) is 35.9 Å². The van der Waals surface area contributed by atoms with Crippen LogP contribution in [0, 0.1) is 5.92 Å². The third-order valence-corrected chi connectivity index (χ3v) is 5.88. The molecule has 0 N–H and O–H groups in total. The molecule has 0 amide bonds. The molecule has 34 heavy (non-hydrogen) atoms. The molecular formula is C26H39F3O5. The highest BCUT2D eigenvalue weighted by Crippen LogP contribution is 2.43. The molecule has 1 rings (SSSR count). The highest BCUT2D eigenvalue weighted by molar-refractivity contribution is 5.83. The number of alkyl halides is 3. The zero-order valence-corrected chi connectivity index (χ0v) is 20.8. The van der Waals surface area contributed by atoms with Crippen molar-refractivity contribution in [3.8, 4) is 0 Å². The number of benzene rings is 1. The van der Waals surface area contributed by atoms with Gasteiger partial charge in [-0.05, 0) is 18.8 Å². The fourth-order valence-electron chi connectivity index (χ4n) is 3.90. The molecule has 1 aromatic carbocycles. The molecule has 194 valence electrons. The molecule has 2 atom stereocenters. The first kappa shape index (κ1) is 29.9. The van der Waals surface area contributed by atoms with Gasteiger partial charge in [-0.2, -0.15) is 13.2 Å². The monoisotopic (exact) mass is 488 g/mol. The lowest BCUT2D eigenvalue weighted by Crippen LogP contribution is -2.52. The van der Waals surface area contributed by atoms with Crippen molar-refractivity contribution in [1.29, 1.82) is 0 Å². The van der Waals surface area contributed by atoms with E-state index >= 15 is 0 Å². The summed E-state index contributed by atoms with van der Waals surface area (Å²) in [5, 5.41) is 0. The topological polar surface area (TPSA) is 61.8 Å².